The number of carboxylic acid groups (broad SMARTS) is 1. The van der Waals surface area contributed by atoms with E-state index in [9.17, 15) is 31.2 Å². The molecule has 0 atom stereocenters. The van der Waals surface area contributed by atoms with E-state index < -0.39 is 34.2 Å². The summed E-state index contributed by atoms with van der Waals surface area (Å²) >= 11 is 0. The van der Waals surface area contributed by atoms with Crippen molar-refractivity contribution < 1.29 is 36.3 Å². The van der Waals surface area contributed by atoms with Crippen LogP contribution in [0.4, 0.5) is 18.9 Å². The second kappa shape index (κ2) is 7.91. The van der Waals surface area contributed by atoms with Gasteiger partial charge in [0.05, 0.1) is 22.4 Å². The lowest BCUT2D eigenvalue weighted by Gasteiger charge is -2.16. The number of rotatable bonds is 5. The number of alkyl halides is 3. The molecule has 7 nitrogen and oxygen atoms in total. The maximum absolute atomic E-state index is 13.6. The van der Waals surface area contributed by atoms with E-state index in [0.717, 1.165) is 22.2 Å². The summed E-state index contributed by atoms with van der Waals surface area (Å²) in [5.74, 6) is -1.33. The van der Waals surface area contributed by atoms with Crippen LogP contribution in [0.2, 0.25) is 0 Å². The molecule has 11 heteroatoms. The number of carbonyl (C=O) groups excluding carboxylic acids is 1. The highest BCUT2D eigenvalue weighted by Gasteiger charge is 2.32. The minimum Gasteiger partial charge on any atom is -0.481 e. The Morgan fingerprint density at radius 1 is 1.09 bits per heavy atom. The average molecular weight is 480 g/mol. The van der Waals surface area contributed by atoms with Gasteiger partial charge in [0.25, 0.3) is 10.0 Å². The zero-order chi connectivity index (χ0) is 24.1. The molecule has 0 fully saturated rings. The number of halogens is 3. The number of aliphatic carboxylic acids is 1. The minimum absolute atomic E-state index is 0.0225. The van der Waals surface area contributed by atoms with Crippen LogP contribution in [0.25, 0.3) is 10.9 Å². The fourth-order valence-electron chi connectivity index (χ4n) is 4.09. The van der Waals surface area contributed by atoms with Crippen LogP contribution in [-0.2, 0) is 38.6 Å². The van der Waals surface area contributed by atoms with Crippen molar-refractivity contribution in [2.75, 3.05) is 11.4 Å². The molecule has 3 aromatic rings. The van der Waals surface area contributed by atoms with Gasteiger partial charge in [-0.25, -0.2) is 12.4 Å². The van der Waals surface area contributed by atoms with E-state index in [1.807, 2.05) is 0 Å². The van der Waals surface area contributed by atoms with Crippen molar-refractivity contribution in [3.8, 4) is 0 Å². The molecule has 1 aliphatic rings. The Labute approximate surface area is 187 Å². The molecule has 174 valence electrons. The van der Waals surface area contributed by atoms with E-state index in [1.54, 1.807) is 0 Å². The molecule has 0 radical (unpaired) electrons. The number of nitrogens with zero attached hydrogens (tertiary/aromatic N) is 2. The van der Waals surface area contributed by atoms with Crippen LogP contribution in [0.5, 0.6) is 0 Å². The first kappa shape index (κ1) is 22.8. The minimum atomic E-state index is -4.61. The summed E-state index contributed by atoms with van der Waals surface area (Å²) < 4.78 is 67.6. The van der Waals surface area contributed by atoms with Gasteiger partial charge in [0.1, 0.15) is 0 Å². The quantitative estimate of drug-likeness (QED) is 0.599. The summed E-state index contributed by atoms with van der Waals surface area (Å²) in [4.78, 5) is 24.3. The second-order valence-corrected chi connectivity index (χ2v) is 9.57. The Morgan fingerprint density at radius 3 is 2.45 bits per heavy atom. The van der Waals surface area contributed by atoms with E-state index in [-0.39, 0.29) is 33.8 Å². The topological polar surface area (TPSA) is 96.7 Å². The van der Waals surface area contributed by atoms with Gasteiger partial charge in [-0.15, -0.1) is 0 Å². The van der Waals surface area contributed by atoms with Crippen molar-refractivity contribution in [2.24, 2.45) is 0 Å². The van der Waals surface area contributed by atoms with E-state index in [2.05, 4.69) is 0 Å². The highest BCUT2D eigenvalue weighted by atomic mass is 32.2. The van der Waals surface area contributed by atoms with Crippen LogP contribution < -0.4 is 4.90 Å². The predicted molar refractivity (Wildman–Crippen MR) is 114 cm³/mol. The SMILES string of the molecule is CC(=O)N1CCc2cc(S(=O)(=O)n3c(CCC(=O)O)cc4cc(C(F)(F)F)ccc43)ccc21. The third-order valence-electron chi connectivity index (χ3n) is 5.62. The summed E-state index contributed by atoms with van der Waals surface area (Å²) in [6, 6.07) is 8.31. The lowest BCUT2D eigenvalue weighted by atomic mass is 10.1. The molecule has 33 heavy (non-hydrogen) atoms. The standard InChI is InChI=1S/C22H19F3N2O5S/c1-13(28)26-9-8-14-12-18(4-6-19(14)26)33(31,32)27-17(3-7-21(29)30)11-15-10-16(22(23,24)25)2-5-20(15)27/h2,4-6,10-12H,3,7-9H2,1H3,(H,29,30). The van der Waals surface area contributed by atoms with Crippen LogP contribution >= 0.6 is 0 Å². The van der Waals surface area contributed by atoms with Crippen molar-refractivity contribution in [3.05, 3.63) is 59.3 Å². The number of aromatic nitrogens is 1. The second-order valence-electron chi connectivity index (χ2n) is 7.78. The van der Waals surface area contributed by atoms with Crippen LogP contribution in [-0.4, -0.2) is 35.9 Å². The number of amides is 1. The van der Waals surface area contributed by atoms with Crippen LogP contribution in [0.1, 0.15) is 30.2 Å². The largest absolute Gasteiger partial charge is 0.481 e. The van der Waals surface area contributed by atoms with Gasteiger partial charge in [-0.2, -0.15) is 13.2 Å². The number of aryl methyl sites for hydroxylation is 1. The van der Waals surface area contributed by atoms with E-state index in [4.69, 9.17) is 5.11 Å². The number of carboxylic acids is 1. The number of benzene rings is 2. The van der Waals surface area contributed by atoms with Gasteiger partial charge in [0.2, 0.25) is 5.91 Å². The molecule has 1 amide bonds. The first-order valence-electron chi connectivity index (χ1n) is 9.99. The number of hydrogen-bond donors (Lipinski definition) is 1. The van der Waals surface area contributed by atoms with E-state index in [0.29, 0.717) is 24.2 Å². The third-order valence-corrected chi connectivity index (χ3v) is 7.38. The monoisotopic (exact) mass is 480 g/mol. The number of anilines is 1. The number of hydrogen-bond acceptors (Lipinski definition) is 4. The molecule has 0 bridgehead atoms. The Kier molecular flexibility index (Phi) is 5.47. The summed E-state index contributed by atoms with van der Waals surface area (Å²) in [5.41, 5.74) is 0.428. The van der Waals surface area contributed by atoms with Crippen LogP contribution in [0.3, 0.4) is 0 Å². The summed E-state index contributed by atoms with van der Waals surface area (Å²) in [6.07, 6.45) is -4.73. The van der Waals surface area contributed by atoms with Gasteiger partial charge in [-0.1, -0.05) is 0 Å². The first-order valence-corrected chi connectivity index (χ1v) is 11.4. The van der Waals surface area contributed by atoms with Gasteiger partial charge < -0.3 is 10.0 Å². The molecule has 0 unspecified atom stereocenters. The van der Waals surface area contributed by atoms with Gasteiger partial charge in [-0.3, -0.25) is 9.59 Å². The maximum Gasteiger partial charge on any atom is 0.416 e. The van der Waals surface area contributed by atoms with Crippen molar-refractivity contribution in [1.82, 2.24) is 3.97 Å². The first-order chi connectivity index (χ1) is 15.4. The van der Waals surface area contributed by atoms with Gasteiger partial charge in [0, 0.05) is 30.2 Å². The highest BCUT2D eigenvalue weighted by molar-refractivity contribution is 7.90. The van der Waals surface area contributed by atoms with Crippen molar-refractivity contribution in [3.63, 3.8) is 0 Å². The van der Waals surface area contributed by atoms with Gasteiger partial charge in [0.15, 0.2) is 0 Å². The third kappa shape index (κ3) is 4.08. The normalized spacial score (nSPS) is 14.0. The summed E-state index contributed by atoms with van der Waals surface area (Å²) in [6.45, 7) is 1.83. The fraction of sp³-hybridized carbons (Fsp3) is 0.273. The van der Waals surface area contributed by atoms with Crippen molar-refractivity contribution in [1.29, 1.82) is 0 Å². The molecule has 0 aliphatic carbocycles. The summed E-state index contributed by atoms with van der Waals surface area (Å²) in [5, 5.41) is 9.09. The highest BCUT2D eigenvalue weighted by Crippen LogP contribution is 2.35. The zero-order valence-corrected chi connectivity index (χ0v) is 18.2. The molecule has 2 aromatic carbocycles. The average Bonchev–Trinajstić information content (AvgIpc) is 3.32. The maximum atomic E-state index is 13.6. The predicted octanol–water partition coefficient (Wildman–Crippen LogP) is 3.82. The number of fused-ring (bicyclic) bond motifs is 2. The van der Waals surface area contributed by atoms with Crippen molar-refractivity contribution >= 4 is 38.5 Å². The Balaban J connectivity index is 1.87. The van der Waals surface area contributed by atoms with Crippen molar-refractivity contribution in [2.45, 2.75) is 37.3 Å². The Bertz CT molecular complexity index is 1390. The molecular formula is C22H19F3N2O5S. The zero-order valence-electron chi connectivity index (χ0n) is 17.4. The van der Waals surface area contributed by atoms with Crippen LogP contribution in [0, 0.1) is 0 Å². The van der Waals surface area contributed by atoms with E-state index >= 15 is 0 Å². The molecule has 1 aliphatic heterocycles. The molecule has 1 aromatic heterocycles. The summed E-state index contributed by atoms with van der Waals surface area (Å²) in [7, 11) is -4.27. The lowest BCUT2D eigenvalue weighted by molar-refractivity contribution is -0.138. The van der Waals surface area contributed by atoms with Crippen LogP contribution in [0.15, 0.2) is 47.4 Å². The fourth-order valence-corrected chi connectivity index (χ4v) is 5.71. The molecule has 0 spiro atoms. The van der Waals surface area contributed by atoms with Gasteiger partial charge >= 0.3 is 12.1 Å². The molecule has 4 rings (SSSR count). The number of carbonyl (C=O) groups is 2. The molecule has 1 N–H and O–H groups in total. The Morgan fingerprint density at radius 2 is 1.82 bits per heavy atom. The smallest absolute Gasteiger partial charge is 0.416 e. The molecule has 0 saturated carbocycles. The Hall–Kier alpha value is -3.34. The molecular weight excluding hydrogens is 461 g/mol. The molecule has 2 heterocycles. The van der Waals surface area contributed by atoms with E-state index in [1.165, 1.54) is 36.1 Å². The lowest BCUT2D eigenvalue weighted by Crippen LogP contribution is -2.25. The molecule has 0 saturated heterocycles. The van der Waals surface area contributed by atoms with Gasteiger partial charge in [-0.05, 0) is 60.9 Å².